The summed E-state index contributed by atoms with van der Waals surface area (Å²) in [7, 11) is -3.77. The van der Waals surface area contributed by atoms with Gasteiger partial charge in [-0.05, 0) is 53.3 Å². The molecule has 10 nitrogen and oxygen atoms in total. The van der Waals surface area contributed by atoms with E-state index in [-0.39, 0.29) is 33.3 Å². The molecule has 0 bridgehead atoms. The van der Waals surface area contributed by atoms with Gasteiger partial charge in [0.05, 0.1) is 17.7 Å². The third kappa shape index (κ3) is 4.57. The fraction of sp³-hybridized carbons (Fsp3) is 0.150. The summed E-state index contributed by atoms with van der Waals surface area (Å²) in [6, 6.07) is 14.2. The number of rotatable bonds is 7. The van der Waals surface area contributed by atoms with Gasteiger partial charge in [-0.1, -0.05) is 12.1 Å². The Balaban J connectivity index is 1.55. The predicted molar refractivity (Wildman–Crippen MR) is 108 cm³/mol. The minimum absolute atomic E-state index is 0.0243. The molecule has 11 heteroatoms. The quantitative estimate of drug-likeness (QED) is 0.427. The number of amides is 1. The van der Waals surface area contributed by atoms with Crippen LogP contribution >= 0.6 is 0 Å². The molecule has 2 heterocycles. The first-order chi connectivity index (χ1) is 14.8. The topological polar surface area (TPSA) is 147 Å². The summed E-state index contributed by atoms with van der Waals surface area (Å²) in [5, 5.41) is 20.3. The van der Waals surface area contributed by atoms with Gasteiger partial charge in [0.2, 0.25) is 21.1 Å². The van der Waals surface area contributed by atoms with Gasteiger partial charge in [-0.25, -0.2) is 13.6 Å². The Kier molecular flexibility index (Phi) is 5.44. The monoisotopic (exact) mass is 442 g/mol. The molecule has 4 rings (SSSR count). The molecule has 0 saturated heterocycles. The van der Waals surface area contributed by atoms with Crippen LogP contribution in [0.4, 0.5) is 0 Å². The van der Waals surface area contributed by atoms with Gasteiger partial charge in [0.25, 0.3) is 5.91 Å². The van der Waals surface area contributed by atoms with E-state index in [0.29, 0.717) is 24.3 Å². The van der Waals surface area contributed by atoms with Crippen LogP contribution in [0.15, 0.2) is 74.8 Å². The number of hydrogen-bond donors (Lipinski definition) is 1. The smallest absolute Gasteiger partial charge is 0.254 e. The number of carbonyl (C=O) groups is 1. The van der Waals surface area contributed by atoms with E-state index in [1.165, 1.54) is 36.6 Å². The Morgan fingerprint density at radius 3 is 2.61 bits per heavy atom. The molecule has 2 N–H and O–H groups in total. The summed E-state index contributed by atoms with van der Waals surface area (Å²) in [6.07, 6.45) is 2.00. The second kappa shape index (κ2) is 8.20. The first-order valence-corrected chi connectivity index (χ1v) is 10.8. The minimum Gasteiger partial charge on any atom is -0.467 e. The molecular weight excluding hydrogens is 424 g/mol. The molecule has 0 aliphatic heterocycles. The van der Waals surface area contributed by atoms with Crippen molar-refractivity contribution in [1.29, 1.82) is 0 Å². The van der Waals surface area contributed by atoms with Crippen molar-refractivity contribution in [2.24, 2.45) is 5.14 Å². The van der Waals surface area contributed by atoms with E-state index in [4.69, 9.17) is 9.56 Å². The SMILES string of the molecule is NS(=O)(=O)c1ccc(CCN(Cc2ccco2)C(=O)c2ccc3c(c2)no[n+]3[O-])cc1. The highest BCUT2D eigenvalue weighted by Crippen LogP contribution is 2.16. The van der Waals surface area contributed by atoms with Crippen LogP contribution < -0.4 is 10.0 Å². The van der Waals surface area contributed by atoms with E-state index >= 15 is 0 Å². The van der Waals surface area contributed by atoms with Crippen molar-refractivity contribution in [3.8, 4) is 0 Å². The van der Waals surface area contributed by atoms with Crippen LogP contribution in [0, 0.1) is 5.21 Å². The molecule has 4 aromatic rings. The summed E-state index contributed by atoms with van der Waals surface area (Å²) in [5.41, 5.74) is 1.68. The Labute approximate surface area is 177 Å². The first-order valence-electron chi connectivity index (χ1n) is 9.24. The van der Waals surface area contributed by atoms with Gasteiger partial charge in [0.15, 0.2) is 0 Å². The van der Waals surface area contributed by atoms with Crippen molar-refractivity contribution in [3.05, 3.63) is 83.0 Å². The zero-order valence-electron chi connectivity index (χ0n) is 16.2. The van der Waals surface area contributed by atoms with Crippen molar-refractivity contribution in [3.63, 3.8) is 0 Å². The molecule has 0 saturated carbocycles. The zero-order chi connectivity index (χ0) is 22.0. The summed E-state index contributed by atoms with van der Waals surface area (Å²) in [5.74, 6) is 0.331. The fourth-order valence-corrected chi connectivity index (χ4v) is 3.66. The van der Waals surface area contributed by atoms with Gasteiger partial charge in [-0.15, -0.1) is 0 Å². The second-order valence-electron chi connectivity index (χ2n) is 6.88. The van der Waals surface area contributed by atoms with Crippen molar-refractivity contribution in [2.75, 3.05) is 6.54 Å². The number of nitrogens with zero attached hydrogens (tertiary/aromatic N) is 3. The van der Waals surface area contributed by atoms with Crippen LogP contribution in [0.1, 0.15) is 21.7 Å². The van der Waals surface area contributed by atoms with Crippen molar-refractivity contribution in [1.82, 2.24) is 10.1 Å². The van der Waals surface area contributed by atoms with Gasteiger partial charge < -0.3 is 14.5 Å². The lowest BCUT2D eigenvalue weighted by atomic mass is 10.1. The lowest BCUT2D eigenvalue weighted by Gasteiger charge is -2.22. The number of furan rings is 1. The van der Waals surface area contributed by atoms with Gasteiger partial charge in [0, 0.05) is 23.3 Å². The molecule has 0 atom stereocenters. The Hall–Kier alpha value is -3.70. The molecular formula is C20H18N4O6S. The molecule has 2 aromatic heterocycles. The number of hydrogen-bond acceptors (Lipinski definition) is 7. The number of nitrogens with two attached hydrogens (primary N) is 1. The maximum atomic E-state index is 13.2. The Morgan fingerprint density at radius 1 is 1.16 bits per heavy atom. The van der Waals surface area contributed by atoms with E-state index in [0.717, 1.165) is 5.56 Å². The van der Waals surface area contributed by atoms with Crippen molar-refractivity contribution < 1.29 is 27.2 Å². The lowest BCUT2D eigenvalue weighted by Crippen LogP contribution is -2.32. The van der Waals surface area contributed by atoms with Gasteiger partial charge in [-0.3, -0.25) is 9.42 Å². The van der Waals surface area contributed by atoms with Crippen LogP contribution in [-0.4, -0.2) is 30.9 Å². The van der Waals surface area contributed by atoms with E-state index in [2.05, 4.69) is 9.79 Å². The predicted octanol–water partition coefficient (Wildman–Crippen LogP) is 1.59. The highest BCUT2D eigenvalue weighted by atomic mass is 32.2. The van der Waals surface area contributed by atoms with Crippen molar-refractivity contribution >= 4 is 27.0 Å². The number of benzene rings is 2. The summed E-state index contributed by atoms with van der Waals surface area (Å²) >= 11 is 0. The third-order valence-corrected chi connectivity index (χ3v) is 5.70. The standard InChI is InChI=1S/C20H18N4O6S/c21-31(27,28)17-6-3-14(4-7-17)9-10-23(13-16-2-1-11-29-16)20(25)15-5-8-19-18(12-15)22-30-24(19)26/h1-8,11-12H,9-10,13H2,(H2,21,27,28). The molecule has 0 unspecified atom stereocenters. The number of carbonyl (C=O) groups excluding carboxylic acids is 1. The van der Waals surface area contributed by atoms with E-state index in [9.17, 15) is 18.4 Å². The molecule has 0 fully saturated rings. The number of primary sulfonamides is 1. The van der Waals surface area contributed by atoms with Crippen LogP contribution in [0.3, 0.4) is 0 Å². The highest BCUT2D eigenvalue weighted by molar-refractivity contribution is 7.89. The fourth-order valence-electron chi connectivity index (χ4n) is 3.14. The molecule has 2 aromatic carbocycles. The molecule has 0 radical (unpaired) electrons. The van der Waals surface area contributed by atoms with Gasteiger partial charge >= 0.3 is 0 Å². The highest BCUT2D eigenvalue weighted by Gasteiger charge is 2.20. The van der Waals surface area contributed by atoms with E-state index < -0.39 is 10.0 Å². The molecule has 160 valence electrons. The summed E-state index contributed by atoms with van der Waals surface area (Å²) in [6.45, 7) is 0.576. The molecule has 0 aliphatic rings. The van der Waals surface area contributed by atoms with Gasteiger partial charge in [0.1, 0.15) is 5.76 Å². The molecule has 0 spiro atoms. The van der Waals surface area contributed by atoms with Crippen LogP contribution in [0.2, 0.25) is 0 Å². The molecule has 1 amide bonds. The number of fused-ring (bicyclic) bond motifs is 1. The largest absolute Gasteiger partial charge is 0.467 e. The maximum absolute atomic E-state index is 13.2. The second-order valence-corrected chi connectivity index (χ2v) is 8.44. The third-order valence-electron chi connectivity index (χ3n) is 4.77. The van der Waals surface area contributed by atoms with Crippen LogP contribution in [-0.2, 0) is 23.0 Å². The number of aromatic nitrogens is 2. The molecule has 31 heavy (non-hydrogen) atoms. The average Bonchev–Trinajstić information content (AvgIpc) is 3.40. The number of sulfonamides is 1. The van der Waals surface area contributed by atoms with Crippen molar-refractivity contribution in [2.45, 2.75) is 17.9 Å². The average molecular weight is 442 g/mol. The first kappa shape index (κ1) is 20.6. The Morgan fingerprint density at radius 2 is 1.94 bits per heavy atom. The van der Waals surface area contributed by atoms with Gasteiger partial charge in [-0.2, -0.15) is 0 Å². The lowest BCUT2D eigenvalue weighted by molar-refractivity contribution is -0.782. The van der Waals surface area contributed by atoms with Crippen LogP contribution in [0.25, 0.3) is 11.0 Å². The summed E-state index contributed by atoms with van der Waals surface area (Å²) < 4.78 is 32.8. The normalized spacial score (nSPS) is 11.6. The van der Waals surface area contributed by atoms with E-state index in [1.807, 2.05) is 0 Å². The van der Waals surface area contributed by atoms with E-state index in [1.54, 1.807) is 29.2 Å². The zero-order valence-corrected chi connectivity index (χ0v) is 17.0. The Bertz CT molecular complexity index is 1310. The minimum atomic E-state index is -3.77. The summed E-state index contributed by atoms with van der Waals surface area (Å²) in [4.78, 5) is 15.1. The van der Waals surface area contributed by atoms with Crippen LogP contribution in [0.5, 0.6) is 0 Å². The molecule has 0 aliphatic carbocycles. The maximum Gasteiger partial charge on any atom is 0.254 e.